The Balaban J connectivity index is 1.71. The second-order valence-electron chi connectivity index (χ2n) is 5.85. The fourth-order valence-corrected chi connectivity index (χ4v) is 2.68. The van der Waals surface area contributed by atoms with Crippen LogP contribution in [0.2, 0.25) is 0 Å². The number of nitriles is 1. The van der Waals surface area contributed by atoms with Crippen molar-refractivity contribution in [3.8, 4) is 6.07 Å². The number of pyridine rings is 1. The van der Waals surface area contributed by atoms with E-state index >= 15 is 0 Å². The molecule has 9 heteroatoms. The molecule has 25 heavy (non-hydrogen) atoms. The van der Waals surface area contributed by atoms with Crippen molar-refractivity contribution in [1.29, 1.82) is 5.26 Å². The Kier molecular flexibility index (Phi) is 4.90. The number of nitrogens with zero attached hydrogens (tertiary/aromatic N) is 3. The van der Waals surface area contributed by atoms with E-state index in [4.69, 9.17) is 4.74 Å². The summed E-state index contributed by atoms with van der Waals surface area (Å²) in [5.74, 6) is -1.03. The number of carbonyl (C=O) groups is 1. The molecule has 3 rings (SSSR count). The van der Waals surface area contributed by atoms with Crippen LogP contribution >= 0.6 is 0 Å². The number of ether oxygens (including phenoxy) is 1. The van der Waals surface area contributed by atoms with Gasteiger partial charge in [0.15, 0.2) is 0 Å². The van der Waals surface area contributed by atoms with Gasteiger partial charge in [-0.1, -0.05) is 0 Å². The molecular formula is C16H17FN6O2. The highest BCUT2D eigenvalue weighted by atomic mass is 19.1. The number of halogens is 1. The minimum atomic E-state index is -0.638. The highest BCUT2D eigenvalue weighted by Crippen LogP contribution is 2.22. The first-order valence-electron chi connectivity index (χ1n) is 7.81. The molecule has 0 saturated carbocycles. The van der Waals surface area contributed by atoms with Crippen LogP contribution in [0.3, 0.4) is 0 Å². The molecule has 3 N–H and O–H groups in total. The smallest absolute Gasteiger partial charge is 0.257 e. The molecule has 1 aliphatic rings. The van der Waals surface area contributed by atoms with Gasteiger partial charge in [-0.05, 0) is 19.4 Å². The number of amides is 1. The van der Waals surface area contributed by atoms with Crippen molar-refractivity contribution in [3.05, 3.63) is 36.0 Å². The van der Waals surface area contributed by atoms with Crippen molar-refractivity contribution in [2.75, 3.05) is 11.9 Å². The second-order valence-corrected chi connectivity index (χ2v) is 5.85. The maximum Gasteiger partial charge on any atom is 0.257 e. The first-order valence-corrected chi connectivity index (χ1v) is 7.81. The molecule has 0 bridgehead atoms. The Morgan fingerprint density at radius 1 is 1.56 bits per heavy atom. The van der Waals surface area contributed by atoms with E-state index in [1.54, 1.807) is 6.07 Å². The number of H-pyrrole nitrogens is 1. The van der Waals surface area contributed by atoms with E-state index in [2.05, 4.69) is 31.9 Å². The number of nitrogens with one attached hydrogen (secondary N) is 3. The Morgan fingerprint density at radius 2 is 2.40 bits per heavy atom. The van der Waals surface area contributed by atoms with E-state index in [1.165, 1.54) is 18.5 Å². The lowest BCUT2D eigenvalue weighted by atomic mass is 9.93. The molecule has 1 aliphatic heterocycles. The predicted octanol–water partition coefficient (Wildman–Crippen LogP) is 1.73. The molecule has 130 valence electrons. The van der Waals surface area contributed by atoms with Crippen LogP contribution in [0.1, 0.15) is 23.7 Å². The average molecular weight is 344 g/mol. The van der Waals surface area contributed by atoms with E-state index in [9.17, 15) is 14.4 Å². The molecule has 1 saturated heterocycles. The number of aromatic nitrogens is 3. The average Bonchev–Trinajstić information content (AvgIpc) is 3.04. The Hall–Kier alpha value is -2.99. The molecular weight excluding hydrogens is 327 g/mol. The third kappa shape index (κ3) is 3.92. The molecule has 3 atom stereocenters. The van der Waals surface area contributed by atoms with Gasteiger partial charge in [0, 0.05) is 18.0 Å². The van der Waals surface area contributed by atoms with Crippen molar-refractivity contribution < 1.29 is 13.9 Å². The zero-order chi connectivity index (χ0) is 17.8. The fraction of sp³-hybridized carbons (Fsp3) is 0.375. The first kappa shape index (κ1) is 16.9. The van der Waals surface area contributed by atoms with Crippen LogP contribution in [0.5, 0.6) is 0 Å². The zero-order valence-electron chi connectivity index (χ0n) is 13.5. The number of hydrogen-bond donors (Lipinski definition) is 3. The molecule has 0 aromatic carbocycles. The molecule has 1 fully saturated rings. The lowest BCUT2D eigenvalue weighted by molar-refractivity contribution is -0.00694. The van der Waals surface area contributed by atoms with Gasteiger partial charge in [0.1, 0.15) is 11.4 Å². The van der Waals surface area contributed by atoms with Gasteiger partial charge in [-0.3, -0.25) is 9.89 Å². The SMILES string of the molecule is CC1CC(C#N)C(NC(=O)c2cn[nH]c2Nc2ccnc(F)c2)CO1. The number of rotatable bonds is 4. The fourth-order valence-electron chi connectivity index (χ4n) is 2.68. The Bertz CT molecular complexity index is 802. The number of anilines is 2. The Morgan fingerprint density at radius 3 is 3.16 bits per heavy atom. The van der Waals surface area contributed by atoms with Crippen molar-refractivity contribution in [3.63, 3.8) is 0 Å². The van der Waals surface area contributed by atoms with E-state index < -0.39 is 17.9 Å². The van der Waals surface area contributed by atoms with Crippen LogP contribution in [0.15, 0.2) is 24.5 Å². The summed E-state index contributed by atoms with van der Waals surface area (Å²) in [6.45, 7) is 2.18. The molecule has 2 aromatic heterocycles. The quantitative estimate of drug-likeness (QED) is 0.728. The van der Waals surface area contributed by atoms with E-state index in [0.29, 0.717) is 17.9 Å². The van der Waals surface area contributed by atoms with Gasteiger partial charge in [0.2, 0.25) is 5.95 Å². The molecule has 1 amide bonds. The Labute approximate surface area is 143 Å². The topological polar surface area (TPSA) is 116 Å². The van der Waals surface area contributed by atoms with Crippen LogP contribution < -0.4 is 10.6 Å². The summed E-state index contributed by atoms with van der Waals surface area (Å²) in [7, 11) is 0. The summed E-state index contributed by atoms with van der Waals surface area (Å²) in [6, 6.07) is 4.58. The van der Waals surface area contributed by atoms with Crippen molar-refractivity contribution in [2.45, 2.75) is 25.5 Å². The largest absolute Gasteiger partial charge is 0.376 e. The highest BCUT2D eigenvalue weighted by Gasteiger charge is 2.31. The van der Waals surface area contributed by atoms with Gasteiger partial charge >= 0.3 is 0 Å². The summed E-state index contributed by atoms with van der Waals surface area (Å²) in [5.41, 5.74) is 0.683. The maximum absolute atomic E-state index is 13.2. The maximum atomic E-state index is 13.2. The van der Waals surface area contributed by atoms with Crippen LogP contribution in [0, 0.1) is 23.2 Å². The third-order valence-electron chi connectivity index (χ3n) is 3.99. The summed E-state index contributed by atoms with van der Waals surface area (Å²) in [4.78, 5) is 16.0. The van der Waals surface area contributed by atoms with Crippen LogP contribution in [0.4, 0.5) is 15.9 Å². The number of aromatic amines is 1. The zero-order valence-corrected chi connectivity index (χ0v) is 13.5. The highest BCUT2D eigenvalue weighted by molar-refractivity contribution is 5.99. The number of hydrogen-bond acceptors (Lipinski definition) is 6. The van der Waals surface area contributed by atoms with Gasteiger partial charge in [-0.15, -0.1) is 0 Å². The van der Waals surface area contributed by atoms with E-state index in [0.717, 1.165) is 0 Å². The minimum Gasteiger partial charge on any atom is -0.376 e. The summed E-state index contributed by atoms with van der Waals surface area (Å²) in [6.07, 6.45) is 3.23. The van der Waals surface area contributed by atoms with Crippen LogP contribution in [0.25, 0.3) is 0 Å². The van der Waals surface area contributed by atoms with E-state index in [-0.39, 0.29) is 24.2 Å². The number of carbonyl (C=O) groups excluding carboxylic acids is 1. The molecule has 0 aliphatic carbocycles. The summed E-state index contributed by atoms with van der Waals surface area (Å²) < 4.78 is 18.7. The summed E-state index contributed by atoms with van der Waals surface area (Å²) in [5, 5.41) is 21.5. The van der Waals surface area contributed by atoms with E-state index in [1.807, 2.05) is 6.92 Å². The van der Waals surface area contributed by atoms with Gasteiger partial charge in [-0.25, -0.2) is 4.98 Å². The van der Waals surface area contributed by atoms with Gasteiger partial charge in [-0.2, -0.15) is 14.8 Å². The van der Waals surface area contributed by atoms with Gasteiger partial charge < -0.3 is 15.4 Å². The van der Waals surface area contributed by atoms with Crippen molar-refractivity contribution in [2.24, 2.45) is 5.92 Å². The molecule has 2 aromatic rings. The summed E-state index contributed by atoms with van der Waals surface area (Å²) >= 11 is 0. The third-order valence-corrected chi connectivity index (χ3v) is 3.99. The van der Waals surface area contributed by atoms with Gasteiger partial charge in [0.05, 0.1) is 36.9 Å². The molecule has 8 nitrogen and oxygen atoms in total. The van der Waals surface area contributed by atoms with Crippen molar-refractivity contribution in [1.82, 2.24) is 20.5 Å². The lowest BCUT2D eigenvalue weighted by Crippen LogP contribution is -2.47. The van der Waals surface area contributed by atoms with Crippen LogP contribution in [-0.4, -0.2) is 39.8 Å². The van der Waals surface area contributed by atoms with Crippen molar-refractivity contribution >= 4 is 17.4 Å². The second kappa shape index (κ2) is 7.27. The molecule has 0 radical (unpaired) electrons. The molecule has 3 unspecified atom stereocenters. The monoisotopic (exact) mass is 344 g/mol. The van der Waals surface area contributed by atoms with Crippen LogP contribution in [-0.2, 0) is 4.74 Å². The molecule has 3 heterocycles. The minimum absolute atomic E-state index is 0.00876. The molecule has 0 spiro atoms. The lowest BCUT2D eigenvalue weighted by Gasteiger charge is -2.31. The standard InChI is InChI=1S/C16H17FN6O2/c1-9-4-10(6-18)13(8-25-9)22-16(24)12-7-20-23-15(12)21-11-2-3-19-14(17)5-11/h2-3,5,7,9-10,13H,4,8H2,1H3,(H,22,24)(H2,19,20,21,23). The first-order chi connectivity index (χ1) is 12.1. The predicted molar refractivity (Wildman–Crippen MR) is 86.5 cm³/mol. The normalized spacial score (nSPS) is 22.8. The van der Waals surface area contributed by atoms with Gasteiger partial charge in [0.25, 0.3) is 5.91 Å².